The smallest absolute Gasteiger partial charge is 0.302 e. The van der Waals surface area contributed by atoms with Crippen molar-refractivity contribution in [2.24, 2.45) is 5.92 Å². The Kier molecular flexibility index (Phi) is 9.31. The molecule has 2 rings (SSSR count). The van der Waals surface area contributed by atoms with Crippen LogP contribution in [0.15, 0.2) is 16.5 Å². The molecule has 29 heavy (non-hydrogen) atoms. The molecule has 1 aliphatic rings. The highest BCUT2D eigenvalue weighted by Gasteiger charge is 2.27. The van der Waals surface area contributed by atoms with Gasteiger partial charge in [0.1, 0.15) is 12.4 Å². The van der Waals surface area contributed by atoms with Crippen LogP contribution >= 0.6 is 0 Å². The molecule has 0 bridgehead atoms. The minimum Gasteiger partial charge on any atom is -0.463 e. The lowest BCUT2D eigenvalue weighted by Crippen LogP contribution is -2.49. The molecule has 0 spiro atoms. The van der Waals surface area contributed by atoms with Gasteiger partial charge in [0.2, 0.25) is 5.91 Å². The number of esters is 1. The number of hydrogen-bond acceptors (Lipinski definition) is 4. The Labute approximate surface area is 175 Å². The van der Waals surface area contributed by atoms with Crippen molar-refractivity contribution in [3.8, 4) is 11.8 Å². The van der Waals surface area contributed by atoms with E-state index in [0.29, 0.717) is 18.6 Å². The number of furan rings is 1. The number of hydrogen-bond donors (Lipinski definition) is 1. The topological polar surface area (TPSA) is 68.5 Å². The van der Waals surface area contributed by atoms with E-state index in [1.807, 2.05) is 19.1 Å². The molecule has 1 fully saturated rings. The average Bonchev–Trinajstić information content (AvgIpc) is 3.13. The molecule has 5 nitrogen and oxygen atoms in total. The number of amides is 1. The van der Waals surface area contributed by atoms with Crippen LogP contribution in [0.4, 0.5) is 0 Å². The van der Waals surface area contributed by atoms with Gasteiger partial charge in [0.15, 0.2) is 5.76 Å². The summed E-state index contributed by atoms with van der Waals surface area (Å²) < 4.78 is 10.9. The third-order valence-electron chi connectivity index (χ3n) is 5.51. The zero-order valence-corrected chi connectivity index (χ0v) is 18.1. The van der Waals surface area contributed by atoms with E-state index in [1.54, 1.807) is 0 Å². The fourth-order valence-electron chi connectivity index (χ4n) is 3.94. The van der Waals surface area contributed by atoms with Gasteiger partial charge in [-0.1, -0.05) is 38.0 Å². The summed E-state index contributed by atoms with van der Waals surface area (Å²) in [6, 6.07) is 3.82. The van der Waals surface area contributed by atoms with Crippen LogP contribution in [0.25, 0.3) is 0 Å². The fraction of sp³-hybridized carbons (Fsp3) is 0.667. The lowest BCUT2D eigenvalue weighted by atomic mass is 9.86. The van der Waals surface area contributed by atoms with Gasteiger partial charge in [-0.15, -0.1) is 0 Å². The summed E-state index contributed by atoms with van der Waals surface area (Å²) in [7, 11) is 0. The lowest BCUT2D eigenvalue weighted by molar-refractivity contribution is -0.144. The molecule has 1 saturated carbocycles. The highest BCUT2D eigenvalue weighted by Crippen LogP contribution is 2.27. The van der Waals surface area contributed by atoms with Crippen LogP contribution in [-0.2, 0) is 20.7 Å². The number of carbonyl (C=O) groups excluding carboxylic acids is 2. The van der Waals surface area contributed by atoms with Crippen LogP contribution in [0.5, 0.6) is 0 Å². The molecule has 1 aliphatic carbocycles. The summed E-state index contributed by atoms with van der Waals surface area (Å²) in [5, 5.41) is 2.88. The Morgan fingerprint density at radius 1 is 1.24 bits per heavy atom. The van der Waals surface area contributed by atoms with Crippen molar-refractivity contribution in [1.82, 2.24) is 5.32 Å². The number of ether oxygens (including phenoxy) is 1. The van der Waals surface area contributed by atoms with E-state index < -0.39 is 5.54 Å². The third-order valence-corrected chi connectivity index (χ3v) is 5.51. The summed E-state index contributed by atoms with van der Waals surface area (Å²) in [4.78, 5) is 22.6. The van der Waals surface area contributed by atoms with Gasteiger partial charge in [-0.2, -0.15) is 0 Å². The zero-order valence-electron chi connectivity index (χ0n) is 18.1. The molecule has 1 heterocycles. The van der Waals surface area contributed by atoms with E-state index in [9.17, 15) is 9.59 Å². The third kappa shape index (κ3) is 9.21. The molecule has 1 atom stereocenters. The number of nitrogens with one attached hydrogen (secondary N) is 1. The highest BCUT2D eigenvalue weighted by atomic mass is 16.5. The summed E-state index contributed by atoms with van der Waals surface area (Å²) in [6.45, 7) is 4.82. The maximum Gasteiger partial charge on any atom is 0.302 e. The second kappa shape index (κ2) is 11.7. The molecular formula is C24H35NO4. The van der Waals surface area contributed by atoms with E-state index in [-0.39, 0.29) is 18.5 Å². The molecule has 1 aromatic heterocycles. The van der Waals surface area contributed by atoms with Crippen LogP contribution in [0, 0.1) is 17.8 Å². The summed E-state index contributed by atoms with van der Waals surface area (Å²) in [5.41, 5.74) is -0.630. The highest BCUT2D eigenvalue weighted by molar-refractivity contribution is 5.74. The van der Waals surface area contributed by atoms with E-state index in [2.05, 4.69) is 17.2 Å². The number of aryl methyl sites for hydroxylation is 1. The maximum absolute atomic E-state index is 11.5. The van der Waals surface area contributed by atoms with Crippen LogP contribution in [0.1, 0.15) is 90.1 Å². The van der Waals surface area contributed by atoms with Crippen molar-refractivity contribution in [1.29, 1.82) is 0 Å². The number of carbonyl (C=O) groups is 2. The Hall–Kier alpha value is -2.22. The minimum absolute atomic E-state index is 0.135. The fourth-order valence-corrected chi connectivity index (χ4v) is 3.94. The first-order valence-electron chi connectivity index (χ1n) is 10.9. The van der Waals surface area contributed by atoms with Crippen molar-refractivity contribution in [2.75, 3.05) is 6.61 Å². The van der Waals surface area contributed by atoms with Gasteiger partial charge in [-0.05, 0) is 50.2 Å². The standard InChI is InChI=1S/C24H35NO4/c1-19(26)25-24(3,18-28-20(2)27)17-16-23-15-14-22(29-23)13-9-5-8-12-21-10-6-4-7-11-21/h14-15,21H,4-8,10-12,16-18H2,1-3H3,(H,25,26)/t24-/m1/s1. The van der Waals surface area contributed by atoms with Crippen molar-refractivity contribution < 1.29 is 18.7 Å². The molecule has 0 saturated heterocycles. The molecule has 5 heteroatoms. The first kappa shape index (κ1) is 23.1. The molecular weight excluding hydrogens is 366 g/mol. The normalized spacial score (nSPS) is 16.4. The summed E-state index contributed by atoms with van der Waals surface area (Å²) in [5.74, 6) is 8.23. The van der Waals surface area contributed by atoms with Crippen molar-refractivity contribution in [3.63, 3.8) is 0 Å². The van der Waals surface area contributed by atoms with Crippen LogP contribution < -0.4 is 5.32 Å². The largest absolute Gasteiger partial charge is 0.463 e. The Morgan fingerprint density at radius 2 is 2.00 bits per heavy atom. The van der Waals surface area contributed by atoms with E-state index in [4.69, 9.17) is 9.15 Å². The van der Waals surface area contributed by atoms with Crippen LogP contribution in [0.2, 0.25) is 0 Å². The zero-order chi connectivity index (χ0) is 21.1. The monoisotopic (exact) mass is 401 g/mol. The van der Waals surface area contributed by atoms with Gasteiger partial charge in [0, 0.05) is 26.7 Å². The molecule has 1 aromatic rings. The quantitative estimate of drug-likeness (QED) is 0.368. The second-order valence-electron chi connectivity index (χ2n) is 8.49. The predicted octanol–water partition coefficient (Wildman–Crippen LogP) is 4.77. The molecule has 0 aromatic carbocycles. The SMILES string of the molecule is CC(=O)N[C@](C)(CCc1ccc(C#CCCCC2CCCCC2)o1)COC(C)=O. The maximum atomic E-state index is 11.5. The molecule has 1 N–H and O–H groups in total. The van der Waals surface area contributed by atoms with Gasteiger partial charge >= 0.3 is 5.97 Å². The molecule has 0 radical (unpaired) electrons. The molecule has 1 amide bonds. The van der Waals surface area contributed by atoms with E-state index in [0.717, 1.165) is 24.5 Å². The van der Waals surface area contributed by atoms with Crippen molar-refractivity contribution in [3.05, 3.63) is 23.7 Å². The van der Waals surface area contributed by atoms with Crippen LogP contribution in [0.3, 0.4) is 0 Å². The molecule has 160 valence electrons. The molecule has 0 aliphatic heterocycles. The number of rotatable bonds is 9. The first-order chi connectivity index (χ1) is 13.9. The lowest BCUT2D eigenvalue weighted by Gasteiger charge is -2.29. The van der Waals surface area contributed by atoms with Gasteiger partial charge in [-0.25, -0.2) is 0 Å². The van der Waals surface area contributed by atoms with Gasteiger partial charge < -0.3 is 14.5 Å². The Bertz CT molecular complexity index is 721. The summed E-state index contributed by atoms with van der Waals surface area (Å²) >= 11 is 0. The average molecular weight is 402 g/mol. The van der Waals surface area contributed by atoms with Crippen molar-refractivity contribution >= 4 is 11.9 Å². The Morgan fingerprint density at radius 3 is 2.69 bits per heavy atom. The van der Waals surface area contributed by atoms with Crippen LogP contribution in [-0.4, -0.2) is 24.0 Å². The first-order valence-corrected chi connectivity index (χ1v) is 10.9. The van der Waals surface area contributed by atoms with E-state index in [1.165, 1.54) is 52.4 Å². The van der Waals surface area contributed by atoms with Gasteiger partial charge in [0.25, 0.3) is 0 Å². The number of unbranched alkanes of at least 4 members (excludes halogenated alkanes) is 1. The minimum atomic E-state index is -0.630. The van der Waals surface area contributed by atoms with Gasteiger partial charge in [-0.3, -0.25) is 9.59 Å². The van der Waals surface area contributed by atoms with Gasteiger partial charge in [0.05, 0.1) is 5.54 Å². The predicted molar refractivity (Wildman–Crippen MR) is 113 cm³/mol. The Balaban J connectivity index is 1.78. The van der Waals surface area contributed by atoms with E-state index >= 15 is 0 Å². The second-order valence-corrected chi connectivity index (χ2v) is 8.49. The summed E-state index contributed by atoms with van der Waals surface area (Å²) in [6.07, 6.45) is 11.6. The molecule has 0 unspecified atom stereocenters. The van der Waals surface area contributed by atoms with Crippen molar-refractivity contribution in [2.45, 2.75) is 90.5 Å².